The molecule has 0 bridgehead atoms. The summed E-state index contributed by atoms with van der Waals surface area (Å²) in [5.74, 6) is -1.14. The highest BCUT2D eigenvalue weighted by Gasteiger charge is 2.35. The van der Waals surface area contributed by atoms with E-state index in [-0.39, 0.29) is 49.2 Å². The van der Waals surface area contributed by atoms with Gasteiger partial charge in [-0.25, -0.2) is 0 Å². The molecular formula is C27H29Cl2N3O4. The standard InChI is InChI=1S/C27H29Cl2N3O4/c1-17(25(34)30-19-7-2-3-8-19)32(16-18-12-13-22(28)23(29)15-18)24(33)11-6-14-31-26(35)20-9-4-5-10-21(20)27(31)36/h4-5,9-10,12-13,15,17,19H,2-3,6-8,11,14,16H2,1H3,(H,30,34)/t17-/m0/s1. The van der Waals surface area contributed by atoms with E-state index in [4.69, 9.17) is 23.2 Å². The van der Waals surface area contributed by atoms with Crippen LogP contribution in [0.2, 0.25) is 10.0 Å². The zero-order valence-electron chi connectivity index (χ0n) is 20.1. The lowest BCUT2D eigenvalue weighted by molar-refractivity contribution is -0.141. The van der Waals surface area contributed by atoms with Gasteiger partial charge in [-0.15, -0.1) is 0 Å². The van der Waals surface area contributed by atoms with Crippen LogP contribution in [0.5, 0.6) is 0 Å². The summed E-state index contributed by atoms with van der Waals surface area (Å²) in [5.41, 5.74) is 1.51. The minimum atomic E-state index is -0.702. The molecule has 1 aliphatic carbocycles. The molecule has 9 heteroatoms. The van der Waals surface area contributed by atoms with Crippen LogP contribution in [-0.4, -0.2) is 52.1 Å². The van der Waals surface area contributed by atoms with E-state index in [2.05, 4.69) is 5.32 Å². The van der Waals surface area contributed by atoms with Gasteiger partial charge in [-0.2, -0.15) is 0 Å². The Labute approximate surface area is 220 Å². The number of imide groups is 1. The Kier molecular flexibility index (Phi) is 8.32. The first-order valence-electron chi connectivity index (χ1n) is 12.2. The van der Waals surface area contributed by atoms with Crippen LogP contribution >= 0.6 is 23.2 Å². The van der Waals surface area contributed by atoms with Gasteiger partial charge >= 0.3 is 0 Å². The lowest BCUT2D eigenvalue weighted by atomic mass is 10.1. The molecule has 7 nitrogen and oxygen atoms in total. The minimum Gasteiger partial charge on any atom is -0.352 e. The number of hydrogen-bond acceptors (Lipinski definition) is 4. The molecule has 0 aromatic heterocycles. The molecule has 0 radical (unpaired) electrons. The third-order valence-corrected chi connectivity index (χ3v) is 7.60. The fourth-order valence-corrected chi connectivity index (χ4v) is 5.10. The number of nitrogens with one attached hydrogen (secondary N) is 1. The molecular weight excluding hydrogens is 501 g/mol. The first kappa shape index (κ1) is 26.2. The van der Waals surface area contributed by atoms with Crippen molar-refractivity contribution in [2.24, 2.45) is 0 Å². The lowest BCUT2D eigenvalue weighted by Crippen LogP contribution is -2.49. The Morgan fingerprint density at radius 2 is 1.67 bits per heavy atom. The summed E-state index contributed by atoms with van der Waals surface area (Å²) in [4.78, 5) is 54.3. The van der Waals surface area contributed by atoms with E-state index in [1.165, 1.54) is 9.80 Å². The molecule has 2 aliphatic rings. The van der Waals surface area contributed by atoms with Gasteiger partial charge in [0.1, 0.15) is 6.04 Å². The van der Waals surface area contributed by atoms with Crippen molar-refractivity contribution in [3.63, 3.8) is 0 Å². The van der Waals surface area contributed by atoms with E-state index in [1.54, 1.807) is 49.4 Å². The SMILES string of the molecule is C[C@@H](C(=O)NC1CCCC1)N(Cc1ccc(Cl)c(Cl)c1)C(=O)CCCN1C(=O)c2ccccc2C1=O. The molecule has 2 aromatic rings. The number of hydrogen-bond donors (Lipinski definition) is 1. The molecule has 1 aliphatic heterocycles. The van der Waals surface area contributed by atoms with Crippen LogP contribution in [0.3, 0.4) is 0 Å². The van der Waals surface area contributed by atoms with Crippen LogP contribution in [0.25, 0.3) is 0 Å². The van der Waals surface area contributed by atoms with Gasteiger partial charge in [-0.05, 0) is 56.0 Å². The van der Waals surface area contributed by atoms with Crippen molar-refractivity contribution in [2.75, 3.05) is 6.54 Å². The van der Waals surface area contributed by atoms with E-state index in [0.717, 1.165) is 31.2 Å². The van der Waals surface area contributed by atoms with Crippen LogP contribution in [0.4, 0.5) is 0 Å². The fraction of sp³-hybridized carbons (Fsp3) is 0.407. The molecule has 36 heavy (non-hydrogen) atoms. The number of nitrogens with zero attached hydrogens (tertiary/aromatic N) is 2. The topological polar surface area (TPSA) is 86.8 Å². The molecule has 190 valence electrons. The van der Waals surface area contributed by atoms with E-state index >= 15 is 0 Å². The zero-order chi connectivity index (χ0) is 25.8. The maximum atomic E-state index is 13.3. The molecule has 2 aromatic carbocycles. The maximum absolute atomic E-state index is 13.3. The molecule has 4 rings (SSSR count). The molecule has 1 fully saturated rings. The van der Waals surface area contributed by atoms with Gasteiger partial charge in [0, 0.05) is 25.6 Å². The van der Waals surface area contributed by atoms with Gasteiger partial charge < -0.3 is 10.2 Å². The highest BCUT2D eigenvalue weighted by Crippen LogP contribution is 2.25. The smallest absolute Gasteiger partial charge is 0.261 e. The number of carbonyl (C=O) groups excluding carboxylic acids is 4. The summed E-state index contributed by atoms with van der Waals surface area (Å²) in [7, 11) is 0. The van der Waals surface area contributed by atoms with Gasteiger partial charge in [-0.1, -0.05) is 54.2 Å². The average Bonchev–Trinajstić information content (AvgIpc) is 3.46. The molecule has 4 amide bonds. The van der Waals surface area contributed by atoms with Gasteiger partial charge in [-0.3, -0.25) is 24.1 Å². The van der Waals surface area contributed by atoms with Gasteiger partial charge in [0.25, 0.3) is 11.8 Å². The van der Waals surface area contributed by atoms with Crippen molar-refractivity contribution in [2.45, 2.75) is 64.1 Å². The van der Waals surface area contributed by atoms with Crippen molar-refractivity contribution in [1.82, 2.24) is 15.1 Å². The highest BCUT2D eigenvalue weighted by atomic mass is 35.5. The first-order chi connectivity index (χ1) is 17.3. The molecule has 0 unspecified atom stereocenters. The number of amides is 4. The summed E-state index contributed by atoms with van der Waals surface area (Å²) in [6.45, 7) is 2.02. The summed E-state index contributed by atoms with van der Waals surface area (Å²) in [6.07, 6.45) is 4.43. The van der Waals surface area contributed by atoms with Crippen molar-refractivity contribution in [3.05, 3.63) is 69.2 Å². The van der Waals surface area contributed by atoms with Crippen molar-refractivity contribution < 1.29 is 19.2 Å². The fourth-order valence-electron chi connectivity index (χ4n) is 4.78. The second-order valence-electron chi connectivity index (χ2n) is 9.35. The van der Waals surface area contributed by atoms with Crippen LogP contribution in [-0.2, 0) is 16.1 Å². The second-order valence-corrected chi connectivity index (χ2v) is 10.2. The predicted octanol–water partition coefficient (Wildman–Crippen LogP) is 4.85. The Morgan fingerprint density at radius 3 is 2.28 bits per heavy atom. The summed E-state index contributed by atoms with van der Waals surface area (Å²) < 4.78 is 0. The second kappa shape index (κ2) is 11.4. The van der Waals surface area contributed by atoms with Crippen molar-refractivity contribution in [3.8, 4) is 0 Å². The normalized spacial score (nSPS) is 16.2. The Hall–Kier alpha value is -2.90. The Morgan fingerprint density at radius 1 is 1.03 bits per heavy atom. The minimum absolute atomic E-state index is 0.0791. The predicted molar refractivity (Wildman–Crippen MR) is 138 cm³/mol. The van der Waals surface area contributed by atoms with Crippen molar-refractivity contribution >= 4 is 46.8 Å². The number of benzene rings is 2. The third-order valence-electron chi connectivity index (χ3n) is 6.86. The van der Waals surface area contributed by atoms with E-state index < -0.39 is 6.04 Å². The Bertz CT molecular complexity index is 1140. The first-order valence-corrected chi connectivity index (χ1v) is 13.0. The molecule has 0 saturated heterocycles. The third kappa shape index (κ3) is 5.73. The largest absolute Gasteiger partial charge is 0.352 e. The lowest BCUT2D eigenvalue weighted by Gasteiger charge is -2.30. The van der Waals surface area contributed by atoms with Gasteiger partial charge in [0.2, 0.25) is 11.8 Å². The molecule has 1 heterocycles. The van der Waals surface area contributed by atoms with E-state index in [9.17, 15) is 19.2 Å². The molecule has 1 saturated carbocycles. The molecule has 0 spiro atoms. The van der Waals surface area contributed by atoms with Crippen LogP contribution < -0.4 is 5.32 Å². The number of fused-ring (bicyclic) bond motifs is 1. The molecule has 1 N–H and O–H groups in total. The summed E-state index contributed by atoms with van der Waals surface area (Å²) >= 11 is 12.2. The van der Waals surface area contributed by atoms with E-state index in [1.807, 2.05) is 0 Å². The van der Waals surface area contributed by atoms with Gasteiger partial charge in [0.05, 0.1) is 21.2 Å². The van der Waals surface area contributed by atoms with Crippen LogP contribution in [0.1, 0.15) is 71.7 Å². The Balaban J connectivity index is 1.42. The van der Waals surface area contributed by atoms with Crippen LogP contribution in [0, 0.1) is 0 Å². The average molecular weight is 530 g/mol. The number of halogens is 2. The monoisotopic (exact) mass is 529 g/mol. The van der Waals surface area contributed by atoms with Crippen molar-refractivity contribution in [1.29, 1.82) is 0 Å². The number of rotatable bonds is 9. The van der Waals surface area contributed by atoms with Gasteiger partial charge in [0.15, 0.2) is 0 Å². The maximum Gasteiger partial charge on any atom is 0.261 e. The quantitative estimate of drug-likeness (QED) is 0.470. The zero-order valence-corrected chi connectivity index (χ0v) is 21.6. The molecule has 1 atom stereocenters. The highest BCUT2D eigenvalue weighted by molar-refractivity contribution is 6.42. The van der Waals surface area contributed by atoms with Crippen LogP contribution in [0.15, 0.2) is 42.5 Å². The summed E-state index contributed by atoms with van der Waals surface area (Å²) in [5, 5.41) is 3.84. The number of carbonyl (C=O) groups is 4. The van der Waals surface area contributed by atoms with E-state index in [0.29, 0.717) is 27.6 Å². The summed E-state index contributed by atoms with van der Waals surface area (Å²) in [6, 6.07) is 11.2.